The number of hydrogen-bond donors (Lipinski definition) is 1. The van der Waals surface area contributed by atoms with Gasteiger partial charge in [0.1, 0.15) is 0 Å². The Morgan fingerprint density at radius 1 is 1.53 bits per heavy atom. The highest BCUT2D eigenvalue weighted by Gasteiger charge is 2.23. The van der Waals surface area contributed by atoms with E-state index < -0.39 is 0 Å². The monoisotopic (exact) mass is 233 g/mol. The molecule has 0 unspecified atom stereocenters. The third kappa shape index (κ3) is 4.53. The van der Waals surface area contributed by atoms with Gasteiger partial charge in [0.2, 0.25) is 5.91 Å². The second-order valence-corrected chi connectivity index (χ2v) is 4.65. The molecule has 0 saturated heterocycles. The van der Waals surface area contributed by atoms with E-state index in [1.807, 2.05) is 30.1 Å². The van der Waals surface area contributed by atoms with Crippen LogP contribution in [0.5, 0.6) is 0 Å². The van der Waals surface area contributed by atoms with Crippen LogP contribution in [0.3, 0.4) is 0 Å². The molecule has 2 rings (SSSR count). The van der Waals surface area contributed by atoms with E-state index in [9.17, 15) is 4.79 Å². The first-order chi connectivity index (χ1) is 8.24. The van der Waals surface area contributed by atoms with E-state index in [2.05, 4.69) is 10.3 Å². The van der Waals surface area contributed by atoms with E-state index in [0.29, 0.717) is 12.6 Å². The summed E-state index contributed by atoms with van der Waals surface area (Å²) >= 11 is 0. The average Bonchev–Trinajstić information content (AvgIpc) is 3.11. The summed E-state index contributed by atoms with van der Waals surface area (Å²) in [4.78, 5) is 17.8. The minimum absolute atomic E-state index is 0.135. The van der Waals surface area contributed by atoms with Gasteiger partial charge in [-0.2, -0.15) is 0 Å². The Bertz CT molecular complexity index is 362. The van der Waals surface area contributed by atoms with Crippen molar-refractivity contribution >= 4 is 5.91 Å². The molecule has 17 heavy (non-hydrogen) atoms. The van der Waals surface area contributed by atoms with Gasteiger partial charge >= 0.3 is 0 Å². The zero-order chi connectivity index (χ0) is 12.1. The van der Waals surface area contributed by atoms with Crippen molar-refractivity contribution in [1.82, 2.24) is 15.2 Å². The zero-order valence-corrected chi connectivity index (χ0v) is 10.2. The lowest BCUT2D eigenvalue weighted by Crippen LogP contribution is -2.37. The van der Waals surface area contributed by atoms with Crippen LogP contribution in [-0.4, -0.2) is 42.0 Å². The highest BCUT2D eigenvalue weighted by atomic mass is 16.2. The number of carbonyl (C=O) groups excluding carboxylic acids is 1. The Kier molecular flexibility index (Phi) is 4.09. The molecular weight excluding hydrogens is 214 g/mol. The molecule has 1 saturated carbocycles. The van der Waals surface area contributed by atoms with Crippen LogP contribution in [0.2, 0.25) is 0 Å². The standard InChI is InChI=1S/C13H19N3O/c1-16(10-13(17)15-12-5-6-12)9-7-11-4-2-3-8-14-11/h2-4,8,12H,5-7,9-10H2,1H3,(H,15,17). The minimum Gasteiger partial charge on any atom is -0.352 e. The van der Waals surface area contributed by atoms with Crippen LogP contribution < -0.4 is 5.32 Å². The molecule has 0 atom stereocenters. The van der Waals surface area contributed by atoms with E-state index in [4.69, 9.17) is 0 Å². The van der Waals surface area contributed by atoms with Gasteiger partial charge in [0, 0.05) is 30.9 Å². The van der Waals surface area contributed by atoms with Crippen LogP contribution in [0.1, 0.15) is 18.5 Å². The van der Waals surface area contributed by atoms with Crippen LogP contribution in [0, 0.1) is 0 Å². The van der Waals surface area contributed by atoms with E-state index in [0.717, 1.165) is 31.5 Å². The Labute approximate surface area is 102 Å². The molecule has 0 bridgehead atoms. The molecule has 4 nitrogen and oxygen atoms in total. The quantitative estimate of drug-likeness (QED) is 0.791. The van der Waals surface area contributed by atoms with Crippen LogP contribution in [0.15, 0.2) is 24.4 Å². The van der Waals surface area contributed by atoms with Crippen LogP contribution in [0.25, 0.3) is 0 Å². The van der Waals surface area contributed by atoms with Crippen LogP contribution in [0.4, 0.5) is 0 Å². The molecule has 1 heterocycles. The lowest BCUT2D eigenvalue weighted by Gasteiger charge is -2.15. The van der Waals surface area contributed by atoms with Crippen molar-refractivity contribution in [1.29, 1.82) is 0 Å². The number of hydrogen-bond acceptors (Lipinski definition) is 3. The normalized spacial score (nSPS) is 14.9. The van der Waals surface area contributed by atoms with Crippen molar-refractivity contribution in [2.45, 2.75) is 25.3 Å². The highest BCUT2D eigenvalue weighted by Crippen LogP contribution is 2.18. The van der Waals surface area contributed by atoms with Crippen LogP contribution >= 0.6 is 0 Å². The number of aromatic nitrogens is 1. The summed E-state index contributed by atoms with van der Waals surface area (Å²) in [7, 11) is 1.97. The first kappa shape index (κ1) is 12.0. The van der Waals surface area contributed by atoms with Gasteiger partial charge in [-0.25, -0.2) is 0 Å². The zero-order valence-electron chi connectivity index (χ0n) is 10.2. The van der Waals surface area contributed by atoms with Gasteiger partial charge in [0.15, 0.2) is 0 Å². The Morgan fingerprint density at radius 3 is 3.00 bits per heavy atom. The molecule has 1 aromatic rings. The number of pyridine rings is 1. The number of amides is 1. The maximum Gasteiger partial charge on any atom is 0.234 e. The van der Waals surface area contributed by atoms with Crippen molar-refractivity contribution in [2.75, 3.05) is 20.1 Å². The highest BCUT2D eigenvalue weighted by molar-refractivity contribution is 5.78. The Hall–Kier alpha value is -1.42. The SMILES string of the molecule is CN(CCc1ccccn1)CC(=O)NC1CC1. The van der Waals surface area contributed by atoms with Crippen LogP contribution in [-0.2, 0) is 11.2 Å². The summed E-state index contributed by atoms with van der Waals surface area (Å²) in [5.74, 6) is 0.135. The first-order valence-corrected chi connectivity index (χ1v) is 6.12. The number of rotatable bonds is 6. The van der Waals surface area contributed by atoms with Gasteiger partial charge in [-0.15, -0.1) is 0 Å². The Balaban J connectivity index is 1.66. The summed E-state index contributed by atoms with van der Waals surface area (Å²) in [5, 5.41) is 2.99. The fourth-order valence-electron chi connectivity index (χ4n) is 1.68. The summed E-state index contributed by atoms with van der Waals surface area (Å²) in [6.07, 6.45) is 4.97. The summed E-state index contributed by atoms with van der Waals surface area (Å²) in [5.41, 5.74) is 1.07. The van der Waals surface area contributed by atoms with Crippen molar-refractivity contribution in [3.63, 3.8) is 0 Å². The van der Waals surface area contributed by atoms with E-state index >= 15 is 0 Å². The fourth-order valence-corrected chi connectivity index (χ4v) is 1.68. The fraction of sp³-hybridized carbons (Fsp3) is 0.538. The molecular formula is C13H19N3O. The summed E-state index contributed by atoms with van der Waals surface area (Å²) < 4.78 is 0. The maximum absolute atomic E-state index is 11.5. The predicted octanol–water partition coefficient (Wildman–Crippen LogP) is 0.834. The number of carbonyl (C=O) groups is 1. The van der Waals surface area contributed by atoms with Gasteiger partial charge in [0.05, 0.1) is 6.54 Å². The maximum atomic E-state index is 11.5. The molecule has 1 N–H and O–H groups in total. The summed E-state index contributed by atoms with van der Waals surface area (Å²) in [6.45, 7) is 1.33. The lowest BCUT2D eigenvalue weighted by atomic mass is 10.2. The van der Waals surface area contributed by atoms with E-state index in [1.165, 1.54) is 0 Å². The van der Waals surface area contributed by atoms with Gasteiger partial charge in [-0.3, -0.25) is 14.7 Å². The molecule has 1 fully saturated rings. The molecule has 92 valence electrons. The third-order valence-corrected chi connectivity index (χ3v) is 2.83. The molecule has 0 aliphatic heterocycles. The molecule has 4 heteroatoms. The van der Waals surface area contributed by atoms with Crippen molar-refractivity contribution < 1.29 is 4.79 Å². The number of nitrogens with zero attached hydrogens (tertiary/aromatic N) is 2. The topological polar surface area (TPSA) is 45.2 Å². The minimum atomic E-state index is 0.135. The van der Waals surface area contributed by atoms with Gasteiger partial charge in [0.25, 0.3) is 0 Å². The number of nitrogens with one attached hydrogen (secondary N) is 1. The molecule has 0 spiro atoms. The number of likely N-dealkylation sites (N-methyl/N-ethyl adjacent to an activating group) is 1. The summed E-state index contributed by atoms with van der Waals surface area (Å²) in [6, 6.07) is 6.36. The second kappa shape index (κ2) is 5.77. The van der Waals surface area contributed by atoms with Crippen molar-refractivity contribution in [3.8, 4) is 0 Å². The molecule has 1 aliphatic rings. The second-order valence-electron chi connectivity index (χ2n) is 4.65. The molecule has 0 aromatic carbocycles. The van der Waals surface area contributed by atoms with E-state index in [-0.39, 0.29) is 5.91 Å². The first-order valence-electron chi connectivity index (χ1n) is 6.12. The molecule has 1 amide bonds. The van der Waals surface area contributed by atoms with E-state index in [1.54, 1.807) is 6.20 Å². The van der Waals surface area contributed by atoms with Crippen molar-refractivity contribution in [2.24, 2.45) is 0 Å². The molecule has 0 radical (unpaired) electrons. The van der Waals surface area contributed by atoms with Gasteiger partial charge in [-0.1, -0.05) is 6.07 Å². The predicted molar refractivity (Wildman–Crippen MR) is 66.6 cm³/mol. The molecule has 1 aliphatic carbocycles. The van der Waals surface area contributed by atoms with Gasteiger partial charge in [-0.05, 0) is 32.0 Å². The Morgan fingerprint density at radius 2 is 2.35 bits per heavy atom. The average molecular weight is 233 g/mol. The smallest absolute Gasteiger partial charge is 0.234 e. The molecule has 1 aromatic heterocycles. The lowest BCUT2D eigenvalue weighted by molar-refractivity contribution is -0.122. The largest absolute Gasteiger partial charge is 0.352 e. The van der Waals surface area contributed by atoms with Gasteiger partial charge < -0.3 is 5.32 Å². The van der Waals surface area contributed by atoms with Crippen molar-refractivity contribution in [3.05, 3.63) is 30.1 Å². The third-order valence-electron chi connectivity index (χ3n) is 2.83.